The SMILES string of the molecule is C=C(C1=C(NC(=O)Cc2ccc(O)cc2)NC=C(c2ccc(O)cc2)N1)c1ccccc1. The number of rotatable bonds is 6. The lowest BCUT2D eigenvalue weighted by Gasteiger charge is -2.26. The van der Waals surface area contributed by atoms with Crippen molar-refractivity contribution >= 4 is 17.2 Å². The lowest BCUT2D eigenvalue weighted by molar-refractivity contribution is -0.119. The number of carbonyl (C=O) groups excluding carboxylic acids is 1. The largest absolute Gasteiger partial charge is 0.508 e. The minimum atomic E-state index is -0.208. The maximum atomic E-state index is 12.7. The van der Waals surface area contributed by atoms with Crippen molar-refractivity contribution in [3.05, 3.63) is 120 Å². The van der Waals surface area contributed by atoms with E-state index in [-0.39, 0.29) is 23.8 Å². The Hall–Kier alpha value is -4.45. The van der Waals surface area contributed by atoms with Gasteiger partial charge in [0.25, 0.3) is 0 Å². The Labute approximate surface area is 186 Å². The van der Waals surface area contributed by atoms with E-state index in [4.69, 9.17) is 0 Å². The minimum Gasteiger partial charge on any atom is -0.508 e. The number of amides is 1. The Morgan fingerprint density at radius 3 is 2.16 bits per heavy atom. The second-order valence-corrected chi connectivity index (χ2v) is 7.36. The van der Waals surface area contributed by atoms with Gasteiger partial charge < -0.3 is 26.2 Å². The van der Waals surface area contributed by atoms with E-state index in [1.165, 1.54) is 0 Å². The summed E-state index contributed by atoms with van der Waals surface area (Å²) < 4.78 is 0. The van der Waals surface area contributed by atoms with Crippen molar-refractivity contribution in [2.75, 3.05) is 0 Å². The lowest BCUT2D eigenvalue weighted by atomic mass is 10.0. The molecule has 0 unspecified atom stereocenters. The molecule has 0 aromatic heterocycles. The normalized spacial score (nSPS) is 12.9. The van der Waals surface area contributed by atoms with Gasteiger partial charge in [0.05, 0.1) is 17.8 Å². The molecule has 0 aliphatic carbocycles. The van der Waals surface area contributed by atoms with Gasteiger partial charge in [0, 0.05) is 11.8 Å². The molecule has 0 atom stereocenters. The number of nitrogens with one attached hydrogen (secondary N) is 3. The van der Waals surface area contributed by atoms with Crippen LogP contribution in [-0.2, 0) is 11.2 Å². The molecular weight excluding hydrogens is 402 g/mol. The van der Waals surface area contributed by atoms with E-state index >= 15 is 0 Å². The maximum Gasteiger partial charge on any atom is 0.229 e. The highest BCUT2D eigenvalue weighted by atomic mass is 16.3. The Morgan fingerprint density at radius 2 is 1.50 bits per heavy atom. The molecule has 5 N–H and O–H groups in total. The summed E-state index contributed by atoms with van der Waals surface area (Å²) in [6.07, 6.45) is 1.91. The molecule has 0 saturated carbocycles. The van der Waals surface area contributed by atoms with Gasteiger partial charge in [-0.15, -0.1) is 0 Å². The quantitative estimate of drug-likeness (QED) is 0.414. The number of hydrogen-bond acceptors (Lipinski definition) is 5. The van der Waals surface area contributed by atoms with Gasteiger partial charge in [0.2, 0.25) is 5.91 Å². The molecular formula is C26H23N3O3. The van der Waals surface area contributed by atoms with Crippen molar-refractivity contribution in [1.29, 1.82) is 0 Å². The number of phenolic OH excluding ortho intramolecular Hbond substituents is 2. The molecule has 3 aromatic carbocycles. The van der Waals surface area contributed by atoms with Gasteiger partial charge in [0.1, 0.15) is 17.3 Å². The van der Waals surface area contributed by atoms with Crippen molar-refractivity contribution in [1.82, 2.24) is 16.0 Å². The van der Waals surface area contributed by atoms with Crippen LogP contribution in [0.4, 0.5) is 0 Å². The number of carbonyl (C=O) groups is 1. The molecule has 1 aliphatic rings. The first kappa shape index (κ1) is 20.8. The fourth-order valence-corrected chi connectivity index (χ4v) is 3.34. The smallest absolute Gasteiger partial charge is 0.229 e. The summed E-state index contributed by atoms with van der Waals surface area (Å²) in [5.74, 6) is 0.623. The zero-order chi connectivity index (χ0) is 22.5. The topological polar surface area (TPSA) is 93.6 Å². The molecule has 160 valence electrons. The summed E-state index contributed by atoms with van der Waals surface area (Å²) in [4.78, 5) is 12.7. The van der Waals surface area contributed by atoms with Gasteiger partial charge in [0.15, 0.2) is 0 Å². The Balaban J connectivity index is 1.59. The van der Waals surface area contributed by atoms with Crippen LogP contribution >= 0.6 is 0 Å². The van der Waals surface area contributed by atoms with Gasteiger partial charge in [-0.05, 0) is 53.1 Å². The van der Waals surface area contributed by atoms with E-state index in [1.54, 1.807) is 54.7 Å². The van der Waals surface area contributed by atoms with Gasteiger partial charge in [-0.2, -0.15) is 0 Å². The van der Waals surface area contributed by atoms with Gasteiger partial charge in [-0.25, -0.2) is 0 Å². The molecule has 0 spiro atoms. The Bertz CT molecular complexity index is 1200. The van der Waals surface area contributed by atoms with E-state index < -0.39 is 0 Å². The molecule has 4 rings (SSSR count). The van der Waals surface area contributed by atoms with E-state index in [2.05, 4.69) is 22.5 Å². The van der Waals surface area contributed by atoms with Crippen molar-refractivity contribution in [3.63, 3.8) is 0 Å². The average Bonchev–Trinajstić information content (AvgIpc) is 2.81. The number of aromatic hydroxyl groups is 2. The Kier molecular flexibility index (Phi) is 5.94. The molecule has 0 bridgehead atoms. The van der Waals surface area contributed by atoms with Crippen molar-refractivity contribution in [2.45, 2.75) is 6.42 Å². The fourth-order valence-electron chi connectivity index (χ4n) is 3.34. The molecule has 1 aliphatic heterocycles. The first-order valence-electron chi connectivity index (χ1n) is 10.1. The molecule has 3 aromatic rings. The van der Waals surface area contributed by atoms with Crippen LogP contribution < -0.4 is 16.0 Å². The highest BCUT2D eigenvalue weighted by molar-refractivity contribution is 5.86. The van der Waals surface area contributed by atoms with E-state index in [9.17, 15) is 15.0 Å². The summed E-state index contributed by atoms with van der Waals surface area (Å²) in [7, 11) is 0. The molecule has 32 heavy (non-hydrogen) atoms. The van der Waals surface area contributed by atoms with Crippen LogP contribution in [0.2, 0.25) is 0 Å². The summed E-state index contributed by atoms with van der Waals surface area (Å²) >= 11 is 0. The third kappa shape index (κ3) is 4.82. The minimum absolute atomic E-state index is 0.156. The number of phenols is 2. The first-order chi connectivity index (χ1) is 15.5. The van der Waals surface area contributed by atoms with E-state index in [0.717, 1.165) is 22.4 Å². The van der Waals surface area contributed by atoms with Gasteiger partial charge in [-0.1, -0.05) is 49.0 Å². The van der Waals surface area contributed by atoms with Crippen molar-refractivity contribution in [3.8, 4) is 11.5 Å². The zero-order valence-corrected chi connectivity index (χ0v) is 17.3. The van der Waals surface area contributed by atoms with Crippen LogP contribution in [0.15, 0.2) is 103 Å². The zero-order valence-electron chi connectivity index (χ0n) is 17.3. The second-order valence-electron chi connectivity index (χ2n) is 7.36. The summed E-state index contributed by atoms with van der Waals surface area (Å²) in [5, 5.41) is 28.5. The van der Waals surface area contributed by atoms with Gasteiger partial charge >= 0.3 is 0 Å². The maximum absolute atomic E-state index is 12.7. The van der Waals surface area contributed by atoms with Crippen LogP contribution in [-0.4, -0.2) is 16.1 Å². The summed E-state index contributed by atoms with van der Waals surface area (Å²) in [6.45, 7) is 4.24. The molecule has 0 fully saturated rings. The van der Waals surface area contributed by atoms with E-state index in [1.807, 2.05) is 30.3 Å². The molecule has 0 saturated heterocycles. The molecule has 0 radical (unpaired) electrons. The Morgan fingerprint density at radius 1 is 0.875 bits per heavy atom. The third-order valence-electron chi connectivity index (χ3n) is 5.04. The van der Waals surface area contributed by atoms with Crippen LogP contribution in [0.25, 0.3) is 11.3 Å². The van der Waals surface area contributed by atoms with Gasteiger partial charge in [-0.3, -0.25) is 4.79 Å². The number of hydrogen-bond donors (Lipinski definition) is 5. The number of allylic oxidation sites excluding steroid dienone is 1. The predicted molar refractivity (Wildman–Crippen MR) is 125 cm³/mol. The molecule has 1 amide bonds. The highest BCUT2D eigenvalue weighted by Gasteiger charge is 2.20. The first-order valence-corrected chi connectivity index (χ1v) is 10.1. The second kappa shape index (κ2) is 9.14. The average molecular weight is 425 g/mol. The van der Waals surface area contributed by atoms with Crippen molar-refractivity contribution < 1.29 is 15.0 Å². The fraction of sp³-hybridized carbons (Fsp3) is 0.0385. The van der Waals surface area contributed by atoms with Crippen LogP contribution in [0.3, 0.4) is 0 Å². The third-order valence-corrected chi connectivity index (χ3v) is 5.04. The van der Waals surface area contributed by atoms with E-state index in [0.29, 0.717) is 17.1 Å². The highest BCUT2D eigenvalue weighted by Crippen LogP contribution is 2.27. The molecule has 1 heterocycles. The number of benzene rings is 3. The molecule has 6 heteroatoms. The molecule has 6 nitrogen and oxygen atoms in total. The summed E-state index contributed by atoms with van der Waals surface area (Å²) in [6, 6.07) is 23.0. The monoisotopic (exact) mass is 425 g/mol. The van der Waals surface area contributed by atoms with Crippen molar-refractivity contribution in [2.24, 2.45) is 0 Å². The lowest BCUT2D eigenvalue weighted by Crippen LogP contribution is -2.37. The standard InChI is InChI=1S/C26H23N3O3/c1-17(19-5-3-2-4-6-19)25-26(29-24(32)15-18-7-11-21(30)12-8-18)27-16-23(28-25)20-9-13-22(31)14-10-20/h2-14,16,27-28,30-31H,1,15H2,(H,29,32). The van der Waals surface area contributed by atoms with Crippen LogP contribution in [0.1, 0.15) is 16.7 Å². The summed E-state index contributed by atoms with van der Waals surface area (Å²) in [5.41, 5.74) is 4.68. The van der Waals surface area contributed by atoms with Crippen LogP contribution in [0.5, 0.6) is 11.5 Å². The van der Waals surface area contributed by atoms with Crippen LogP contribution in [0, 0.1) is 0 Å². The predicted octanol–water partition coefficient (Wildman–Crippen LogP) is 3.83.